The second-order valence-electron chi connectivity index (χ2n) is 6.51. The quantitative estimate of drug-likeness (QED) is 0.802. The van der Waals surface area contributed by atoms with E-state index in [0.29, 0.717) is 22.8 Å². The van der Waals surface area contributed by atoms with Gasteiger partial charge in [-0.05, 0) is 45.4 Å². The van der Waals surface area contributed by atoms with Crippen LogP contribution < -0.4 is 16.4 Å². The summed E-state index contributed by atoms with van der Waals surface area (Å²) in [6.07, 6.45) is 0.293. The number of rotatable bonds is 3. The minimum Gasteiger partial charge on any atom is -0.325 e. The smallest absolute Gasteiger partial charge is 0.231 e. The molecule has 1 aromatic rings. The molecule has 114 valence electrons. The summed E-state index contributed by atoms with van der Waals surface area (Å²) in [5.41, 5.74) is 6.62. The topological polar surface area (TPSA) is 84.2 Å². The molecule has 2 rings (SSSR count). The van der Waals surface area contributed by atoms with Crippen molar-refractivity contribution < 1.29 is 9.59 Å². The van der Waals surface area contributed by atoms with E-state index in [1.54, 1.807) is 39.8 Å². The zero-order valence-corrected chi connectivity index (χ0v) is 13.4. The summed E-state index contributed by atoms with van der Waals surface area (Å²) in [6, 6.07) is 3.38. The van der Waals surface area contributed by atoms with Crippen molar-refractivity contribution in [2.24, 2.45) is 11.1 Å². The van der Waals surface area contributed by atoms with Crippen LogP contribution >= 0.6 is 11.6 Å². The van der Waals surface area contributed by atoms with Crippen LogP contribution in [0.3, 0.4) is 0 Å². The number of nitrogens with two attached hydrogens (primary N) is 1. The Morgan fingerprint density at radius 1 is 1.33 bits per heavy atom. The van der Waals surface area contributed by atoms with Gasteiger partial charge in [-0.3, -0.25) is 9.59 Å². The Kier molecular flexibility index (Phi) is 3.76. The second-order valence-corrected chi connectivity index (χ2v) is 6.92. The van der Waals surface area contributed by atoms with Crippen molar-refractivity contribution in [2.75, 3.05) is 10.6 Å². The van der Waals surface area contributed by atoms with E-state index >= 15 is 0 Å². The Morgan fingerprint density at radius 2 is 1.95 bits per heavy atom. The first-order chi connectivity index (χ1) is 9.52. The fourth-order valence-corrected chi connectivity index (χ4v) is 2.13. The van der Waals surface area contributed by atoms with E-state index < -0.39 is 11.0 Å². The molecule has 0 aliphatic carbocycles. The van der Waals surface area contributed by atoms with E-state index in [9.17, 15) is 9.59 Å². The molecular formula is C15H20ClN3O2. The lowest BCUT2D eigenvalue weighted by Crippen LogP contribution is -2.53. The first kappa shape index (κ1) is 15.8. The number of fused-ring (bicyclic) bond motifs is 1. The number of carbonyl (C=O) groups is 2. The van der Waals surface area contributed by atoms with Crippen molar-refractivity contribution in [1.82, 2.24) is 0 Å². The van der Waals surface area contributed by atoms with Gasteiger partial charge in [-0.2, -0.15) is 0 Å². The van der Waals surface area contributed by atoms with Gasteiger partial charge in [0.2, 0.25) is 11.8 Å². The molecule has 0 saturated heterocycles. The molecule has 5 nitrogen and oxygen atoms in total. The summed E-state index contributed by atoms with van der Waals surface area (Å²) >= 11 is 6.17. The van der Waals surface area contributed by atoms with Gasteiger partial charge in [-0.25, -0.2) is 0 Å². The number of benzene rings is 1. The van der Waals surface area contributed by atoms with Crippen LogP contribution in [-0.4, -0.2) is 17.4 Å². The summed E-state index contributed by atoms with van der Waals surface area (Å²) in [7, 11) is 0. The molecule has 0 bridgehead atoms. The summed E-state index contributed by atoms with van der Waals surface area (Å²) in [4.78, 5) is 23.8. The molecule has 0 saturated carbocycles. The number of amides is 2. The van der Waals surface area contributed by atoms with Crippen LogP contribution in [-0.2, 0) is 16.0 Å². The highest BCUT2D eigenvalue weighted by atomic mass is 35.5. The van der Waals surface area contributed by atoms with Crippen LogP contribution in [0.2, 0.25) is 5.02 Å². The average Bonchev–Trinajstić information content (AvgIpc) is 2.67. The molecule has 0 radical (unpaired) electrons. The molecule has 6 heteroatoms. The Morgan fingerprint density at radius 3 is 2.52 bits per heavy atom. The third-order valence-corrected chi connectivity index (χ3v) is 4.56. The van der Waals surface area contributed by atoms with Crippen molar-refractivity contribution in [3.8, 4) is 0 Å². The molecule has 4 N–H and O–H groups in total. The van der Waals surface area contributed by atoms with Gasteiger partial charge in [0, 0.05) is 11.2 Å². The third-order valence-electron chi connectivity index (χ3n) is 4.24. The van der Waals surface area contributed by atoms with Crippen LogP contribution in [0, 0.1) is 5.41 Å². The summed E-state index contributed by atoms with van der Waals surface area (Å²) in [6.45, 7) is 7.18. The van der Waals surface area contributed by atoms with Crippen molar-refractivity contribution >= 4 is 34.8 Å². The van der Waals surface area contributed by atoms with Crippen molar-refractivity contribution in [2.45, 2.75) is 39.7 Å². The highest BCUT2D eigenvalue weighted by molar-refractivity contribution is 6.34. The summed E-state index contributed by atoms with van der Waals surface area (Å²) in [5.74, 6) is -0.290. The number of hydrogen-bond donors (Lipinski definition) is 3. The molecule has 1 heterocycles. The molecule has 2 amide bonds. The normalized spacial score (nSPS) is 14.7. The molecular weight excluding hydrogens is 290 g/mol. The van der Waals surface area contributed by atoms with Crippen LogP contribution in [0.1, 0.15) is 33.3 Å². The number of anilines is 2. The van der Waals surface area contributed by atoms with Gasteiger partial charge >= 0.3 is 0 Å². The van der Waals surface area contributed by atoms with Gasteiger partial charge < -0.3 is 16.4 Å². The van der Waals surface area contributed by atoms with Gasteiger partial charge in [-0.1, -0.05) is 11.6 Å². The fraction of sp³-hybridized carbons (Fsp3) is 0.467. The SMILES string of the molecule is CC(C)(N)C(C)(C)C(=O)Nc1cc2c(cc1Cl)NC(=O)C2. The Labute approximate surface area is 129 Å². The van der Waals surface area contributed by atoms with Crippen LogP contribution in [0.4, 0.5) is 11.4 Å². The van der Waals surface area contributed by atoms with E-state index in [0.717, 1.165) is 5.56 Å². The maximum absolute atomic E-state index is 12.5. The first-order valence-electron chi connectivity index (χ1n) is 6.75. The highest BCUT2D eigenvalue weighted by Gasteiger charge is 2.40. The van der Waals surface area contributed by atoms with E-state index in [4.69, 9.17) is 17.3 Å². The van der Waals surface area contributed by atoms with Crippen LogP contribution in [0.15, 0.2) is 12.1 Å². The lowest BCUT2D eigenvalue weighted by Gasteiger charge is -2.37. The lowest BCUT2D eigenvalue weighted by molar-refractivity contribution is -0.126. The minimum absolute atomic E-state index is 0.0760. The van der Waals surface area contributed by atoms with E-state index in [2.05, 4.69) is 10.6 Å². The fourth-order valence-electron chi connectivity index (χ4n) is 1.92. The molecule has 1 aliphatic rings. The highest BCUT2D eigenvalue weighted by Crippen LogP contribution is 2.35. The van der Waals surface area contributed by atoms with Crippen LogP contribution in [0.25, 0.3) is 0 Å². The van der Waals surface area contributed by atoms with Crippen LogP contribution in [0.5, 0.6) is 0 Å². The van der Waals surface area contributed by atoms with Gasteiger partial charge in [-0.15, -0.1) is 0 Å². The van der Waals surface area contributed by atoms with Gasteiger partial charge in [0.15, 0.2) is 0 Å². The Hall–Kier alpha value is -1.59. The van der Waals surface area contributed by atoms with E-state index in [1.807, 2.05) is 0 Å². The lowest BCUT2D eigenvalue weighted by atomic mass is 9.74. The molecule has 0 spiro atoms. The summed E-state index contributed by atoms with van der Waals surface area (Å²) in [5, 5.41) is 5.91. The molecule has 21 heavy (non-hydrogen) atoms. The molecule has 1 aliphatic heterocycles. The molecule has 1 aromatic carbocycles. The largest absolute Gasteiger partial charge is 0.325 e. The monoisotopic (exact) mass is 309 g/mol. The number of hydrogen-bond acceptors (Lipinski definition) is 3. The predicted molar refractivity (Wildman–Crippen MR) is 84.5 cm³/mol. The average molecular weight is 310 g/mol. The van der Waals surface area contributed by atoms with Gasteiger partial charge in [0.1, 0.15) is 0 Å². The van der Waals surface area contributed by atoms with E-state index in [1.165, 1.54) is 0 Å². The van der Waals surface area contributed by atoms with Gasteiger partial charge in [0.05, 0.1) is 22.5 Å². The maximum atomic E-state index is 12.5. The molecule has 0 aromatic heterocycles. The van der Waals surface area contributed by atoms with Crippen molar-refractivity contribution in [1.29, 1.82) is 0 Å². The number of carbonyl (C=O) groups excluding carboxylic acids is 2. The first-order valence-corrected chi connectivity index (χ1v) is 7.13. The number of halogens is 1. The molecule has 0 atom stereocenters. The molecule has 0 unspecified atom stereocenters. The standard InChI is InChI=1S/C15H20ClN3O2/c1-14(2,15(3,4)17)13(21)19-11-5-8-6-12(20)18-10(8)7-9(11)16/h5,7H,6,17H2,1-4H3,(H,18,20)(H,19,21). The Bertz CT molecular complexity index is 618. The Balaban J connectivity index is 2.27. The number of nitrogens with one attached hydrogen (secondary N) is 2. The maximum Gasteiger partial charge on any atom is 0.231 e. The van der Waals surface area contributed by atoms with Crippen molar-refractivity contribution in [3.63, 3.8) is 0 Å². The predicted octanol–water partition coefficient (Wildman–Crippen LogP) is 2.54. The second kappa shape index (κ2) is 5.00. The van der Waals surface area contributed by atoms with E-state index in [-0.39, 0.29) is 11.8 Å². The summed E-state index contributed by atoms with van der Waals surface area (Å²) < 4.78 is 0. The molecule has 0 fully saturated rings. The van der Waals surface area contributed by atoms with Crippen molar-refractivity contribution in [3.05, 3.63) is 22.7 Å². The van der Waals surface area contributed by atoms with Gasteiger partial charge in [0.25, 0.3) is 0 Å². The third kappa shape index (κ3) is 2.89. The zero-order chi connectivity index (χ0) is 16.0. The zero-order valence-electron chi connectivity index (χ0n) is 12.6. The minimum atomic E-state index is -0.774.